The number of hydrogen-bond donors (Lipinski definition) is 0. The third-order valence-corrected chi connectivity index (χ3v) is 1.63. The van der Waals surface area contributed by atoms with Gasteiger partial charge < -0.3 is 4.90 Å². The summed E-state index contributed by atoms with van der Waals surface area (Å²) >= 11 is 0. The highest BCUT2D eigenvalue weighted by Gasteiger charge is 2.11. The van der Waals surface area contributed by atoms with Gasteiger partial charge in [-0.25, -0.2) is 0 Å². The lowest BCUT2D eigenvalue weighted by molar-refractivity contribution is -0.385. The highest BCUT2D eigenvalue weighted by Crippen LogP contribution is 2.18. The largest absolute Gasteiger partial charge is 0.301 e. The molecule has 0 fully saturated rings. The third kappa shape index (κ3) is 2.52. The van der Waals surface area contributed by atoms with Gasteiger partial charge in [-0.15, -0.1) is 0 Å². The number of nitrogens with zero attached hydrogens (tertiary/aromatic N) is 2. The van der Waals surface area contributed by atoms with E-state index in [0.717, 1.165) is 0 Å². The van der Waals surface area contributed by atoms with Crippen LogP contribution in [-0.2, 0) is 6.54 Å². The van der Waals surface area contributed by atoms with Gasteiger partial charge in [-0.05, 0) is 7.05 Å². The molecule has 4 heteroatoms. The zero-order valence-electron chi connectivity index (χ0n) is 7.43. The zero-order valence-corrected chi connectivity index (χ0v) is 7.43. The van der Waals surface area contributed by atoms with Gasteiger partial charge in [0.1, 0.15) is 0 Å². The van der Waals surface area contributed by atoms with Crippen LogP contribution >= 0.6 is 0 Å². The molecule has 0 aliphatic heterocycles. The van der Waals surface area contributed by atoms with Crippen LogP contribution in [0.2, 0.25) is 0 Å². The SMILES string of the molecule is [CH2]N(C)Cc1ccccc1[N+](=O)[O-]. The average molecular weight is 179 g/mol. The van der Waals surface area contributed by atoms with Crippen molar-refractivity contribution >= 4 is 5.69 Å². The molecule has 0 atom stereocenters. The Labute approximate surface area is 76.9 Å². The molecule has 4 nitrogen and oxygen atoms in total. The first-order valence-corrected chi connectivity index (χ1v) is 3.85. The molecule has 0 amide bonds. The molecule has 0 N–H and O–H groups in total. The molecule has 0 aromatic heterocycles. The van der Waals surface area contributed by atoms with Crippen LogP contribution in [0, 0.1) is 17.2 Å². The summed E-state index contributed by atoms with van der Waals surface area (Å²) in [5.41, 5.74) is 0.836. The number of rotatable bonds is 3. The molecule has 1 radical (unpaired) electrons. The quantitative estimate of drug-likeness (QED) is 0.525. The second-order valence-corrected chi connectivity index (χ2v) is 2.90. The van der Waals surface area contributed by atoms with Gasteiger partial charge >= 0.3 is 0 Å². The minimum atomic E-state index is -0.376. The molecule has 1 rings (SSSR count). The van der Waals surface area contributed by atoms with E-state index in [2.05, 4.69) is 7.05 Å². The van der Waals surface area contributed by atoms with Crippen LogP contribution in [0.15, 0.2) is 24.3 Å². The van der Waals surface area contributed by atoms with Crippen molar-refractivity contribution in [3.05, 3.63) is 47.0 Å². The maximum Gasteiger partial charge on any atom is 0.273 e. The van der Waals surface area contributed by atoms with E-state index in [4.69, 9.17) is 0 Å². The minimum Gasteiger partial charge on any atom is -0.301 e. The van der Waals surface area contributed by atoms with E-state index < -0.39 is 0 Å². The van der Waals surface area contributed by atoms with E-state index >= 15 is 0 Å². The Balaban J connectivity index is 2.98. The summed E-state index contributed by atoms with van der Waals surface area (Å²) in [4.78, 5) is 11.8. The van der Waals surface area contributed by atoms with Gasteiger partial charge in [-0.1, -0.05) is 18.2 Å². The van der Waals surface area contributed by atoms with Gasteiger partial charge in [-0.2, -0.15) is 0 Å². The Morgan fingerprint density at radius 1 is 1.54 bits per heavy atom. The van der Waals surface area contributed by atoms with Crippen molar-refractivity contribution < 1.29 is 4.92 Å². The van der Waals surface area contributed by atoms with Crippen molar-refractivity contribution in [3.8, 4) is 0 Å². The van der Waals surface area contributed by atoms with Crippen molar-refractivity contribution in [3.63, 3.8) is 0 Å². The first-order chi connectivity index (χ1) is 6.11. The molecular formula is C9H11N2O2. The Hall–Kier alpha value is -1.42. The standard InChI is InChI=1S/C9H11N2O2/c1-10(2)7-8-5-3-4-6-9(8)11(12)13/h3-6H,1,7H2,2H3. The van der Waals surface area contributed by atoms with E-state index in [9.17, 15) is 10.1 Å². The number of para-hydroxylation sites is 1. The maximum atomic E-state index is 10.6. The normalized spacial score (nSPS) is 10.4. The summed E-state index contributed by atoms with van der Waals surface area (Å²) in [7, 11) is 5.42. The van der Waals surface area contributed by atoms with Crippen molar-refractivity contribution in [2.75, 3.05) is 7.05 Å². The monoisotopic (exact) mass is 179 g/mol. The van der Waals surface area contributed by atoms with Crippen molar-refractivity contribution in [1.82, 2.24) is 4.90 Å². The van der Waals surface area contributed by atoms with Crippen LogP contribution in [0.3, 0.4) is 0 Å². The lowest BCUT2D eigenvalue weighted by Gasteiger charge is -2.08. The zero-order chi connectivity index (χ0) is 9.84. The van der Waals surface area contributed by atoms with Gasteiger partial charge in [0, 0.05) is 25.2 Å². The molecule has 0 saturated carbocycles. The van der Waals surface area contributed by atoms with Crippen LogP contribution in [0.4, 0.5) is 5.69 Å². The molecular weight excluding hydrogens is 168 g/mol. The fraction of sp³-hybridized carbons (Fsp3) is 0.222. The van der Waals surface area contributed by atoms with E-state index in [1.807, 2.05) is 0 Å². The first kappa shape index (κ1) is 9.67. The smallest absolute Gasteiger partial charge is 0.273 e. The summed E-state index contributed by atoms with van der Waals surface area (Å²) in [5.74, 6) is 0. The fourth-order valence-corrected chi connectivity index (χ4v) is 1.11. The predicted molar refractivity (Wildman–Crippen MR) is 49.9 cm³/mol. The molecule has 0 aliphatic rings. The number of nitro benzene ring substituents is 1. The Morgan fingerprint density at radius 2 is 2.15 bits per heavy atom. The topological polar surface area (TPSA) is 46.4 Å². The van der Waals surface area contributed by atoms with E-state index in [-0.39, 0.29) is 10.6 Å². The van der Waals surface area contributed by atoms with Gasteiger partial charge in [0.2, 0.25) is 0 Å². The number of nitro groups is 1. The molecule has 0 spiro atoms. The molecule has 0 heterocycles. The van der Waals surface area contributed by atoms with Crippen LogP contribution in [0.25, 0.3) is 0 Å². The van der Waals surface area contributed by atoms with Crippen LogP contribution < -0.4 is 0 Å². The van der Waals surface area contributed by atoms with E-state index in [0.29, 0.717) is 12.1 Å². The second kappa shape index (κ2) is 4.00. The van der Waals surface area contributed by atoms with Gasteiger partial charge in [0.25, 0.3) is 5.69 Å². The Bertz CT molecular complexity index is 310. The molecule has 1 aromatic rings. The number of hydrogen-bond acceptors (Lipinski definition) is 3. The van der Waals surface area contributed by atoms with Gasteiger partial charge in [0.15, 0.2) is 0 Å². The maximum absolute atomic E-state index is 10.6. The average Bonchev–Trinajstić information content (AvgIpc) is 2.03. The fourth-order valence-electron chi connectivity index (χ4n) is 1.11. The third-order valence-electron chi connectivity index (χ3n) is 1.63. The predicted octanol–water partition coefficient (Wildman–Crippen LogP) is 1.82. The van der Waals surface area contributed by atoms with Gasteiger partial charge in [0.05, 0.1) is 4.92 Å². The van der Waals surface area contributed by atoms with Crippen LogP contribution in [0.5, 0.6) is 0 Å². The lowest BCUT2D eigenvalue weighted by Crippen LogP contribution is -2.09. The molecule has 0 bridgehead atoms. The first-order valence-electron chi connectivity index (χ1n) is 3.85. The molecule has 13 heavy (non-hydrogen) atoms. The summed E-state index contributed by atoms with van der Waals surface area (Å²) in [6.07, 6.45) is 0. The van der Waals surface area contributed by atoms with Crippen LogP contribution in [0.1, 0.15) is 5.56 Å². The number of benzene rings is 1. The Morgan fingerprint density at radius 3 is 2.69 bits per heavy atom. The summed E-state index contributed by atoms with van der Waals surface area (Å²) in [5, 5.41) is 10.6. The van der Waals surface area contributed by atoms with E-state index in [1.165, 1.54) is 6.07 Å². The minimum absolute atomic E-state index is 0.151. The molecule has 0 aliphatic carbocycles. The summed E-state index contributed by atoms with van der Waals surface area (Å²) in [6.45, 7) is 0.483. The van der Waals surface area contributed by atoms with Gasteiger partial charge in [-0.3, -0.25) is 10.1 Å². The summed E-state index contributed by atoms with van der Waals surface area (Å²) in [6, 6.07) is 6.68. The second-order valence-electron chi connectivity index (χ2n) is 2.90. The van der Waals surface area contributed by atoms with Crippen molar-refractivity contribution in [2.24, 2.45) is 0 Å². The van der Waals surface area contributed by atoms with Crippen molar-refractivity contribution in [2.45, 2.75) is 6.54 Å². The highest BCUT2D eigenvalue weighted by atomic mass is 16.6. The molecule has 0 unspecified atom stereocenters. The summed E-state index contributed by atoms with van der Waals surface area (Å²) < 4.78 is 0. The molecule has 69 valence electrons. The highest BCUT2D eigenvalue weighted by molar-refractivity contribution is 5.39. The lowest BCUT2D eigenvalue weighted by atomic mass is 10.2. The molecule has 1 aromatic carbocycles. The Kier molecular flexibility index (Phi) is 2.97. The van der Waals surface area contributed by atoms with Crippen LogP contribution in [-0.4, -0.2) is 16.9 Å². The molecule has 0 saturated heterocycles. The van der Waals surface area contributed by atoms with E-state index in [1.54, 1.807) is 30.1 Å². The van der Waals surface area contributed by atoms with Crippen molar-refractivity contribution in [1.29, 1.82) is 0 Å².